The molecule has 0 radical (unpaired) electrons. The third-order valence-corrected chi connectivity index (χ3v) is 3.87. The molecule has 146 valence electrons. The van der Waals surface area contributed by atoms with Gasteiger partial charge < -0.3 is 61.3 Å². The summed E-state index contributed by atoms with van der Waals surface area (Å²) >= 11 is 0. The first-order valence-electron chi connectivity index (χ1n) is 7.53. The van der Waals surface area contributed by atoms with E-state index in [1.54, 1.807) is 0 Å². The maximum Gasteiger partial charge on any atom is 0.0552 e. The molecule has 1 rings (SSSR count). The molecule has 0 saturated heterocycles. The normalized spacial score (nSPS) is 33.8. The van der Waals surface area contributed by atoms with Gasteiger partial charge in [0.25, 0.3) is 0 Å². The van der Waals surface area contributed by atoms with Gasteiger partial charge in [0, 0.05) is 19.7 Å². The van der Waals surface area contributed by atoms with E-state index in [1.165, 1.54) is 0 Å². The third-order valence-electron chi connectivity index (χ3n) is 3.87. The highest BCUT2D eigenvalue weighted by Gasteiger charge is 2.35. The van der Waals surface area contributed by atoms with Gasteiger partial charge in [-0.2, -0.15) is 0 Å². The van der Waals surface area contributed by atoms with Gasteiger partial charge in [-0.05, 0) is 24.7 Å². The lowest BCUT2D eigenvalue weighted by atomic mass is 9.79. The van der Waals surface area contributed by atoms with E-state index in [0.717, 1.165) is 0 Å². The van der Waals surface area contributed by atoms with Crippen LogP contribution in [0.4, 0.5) is 0 Å². The zero-order valence-electron chi connectivity index (χ0n) is 13.1. The molecule has 1 aliphatic rings. The number of hydrogen-bond donors (Lipinski definition) is 4. The minimum atomic E-state index is -1.93. The molecule has 12 nitrogen and oxygen atoms in total. The molecule has 0 bridgehead atoms. The van der Waals surface area contributed by atoms with Gasteiger partial charge in [0.05, 0.1) is 11.9 Å². The van der Waals surface area contributed by atoms with E-state index in [1.807, 2.05) is 0 Å². The Labute approximate surface area is 143 Å². The third kappa shape index (κ3) is 6.13. The number of aliphatic hydroxyl groups excluding tert-OH is 1. The van der Waals surface area contributed by atoms with Crippen molar-refractivity contribution in [3.05, 3.63) is 0 Å². The van der Waals surface area contributed by atoms with Crippen LogP contribution in [0, 0.1) is 0 Å². The molecular formula is C13H19N3O9-6. The SMILES string of the molecule is O=C([O-])CN[C@@H]1C([O-])[C@H](NCC(=O)[O-])[C@H]([O-])C(NCC([O-])CO)[C@@H]1[O-]. The summed E-state index contributed by atoms with van der Waals surface area (Å²) in [7, 11) is 0. The zero-order valence-corrected chi connectivity index (χ0v) is 13.1. The van der Waals surface area contributed by atoms with Gasteiger partial charge in [-0.1, -0.05) is 24.4 Å². The average molecular weight is 361 g/mol. The Morgan fingerprint density at radius 2 is 1.20 bits per heavy atom. The van der Waals surface area contributed by atoms with Gasteiger partial charge >= 0.3 is 0 Å². The molecule has 3 unspecified atom stereocenters. The maximum absolute atomic E-state index is 12.4. The predicted molar refractivity (Wildman–Crippen MR) is 67.6 cm³/mol. The van der Waals surface area contributed by atoms with E-state index < -0.39 is 80.7 Å². The van der Waals surface area contributed by atoms with Crippen molar-refractivity contribution in [1.29, 1.82) is 0 Å². The van der Waals surface area contributed by atoms with E-state index in [9.17, 15) is 40.2 Å². The second kappa shape index (κ2) is 9.94. The predicted octanol–water partition coefficient (Wildman–Crippen LogP) is -10.7. The van der Waals surface area contributed by atoms with Crippen LogP contribution in [-0.4, -0.2) is 85.8 Å². The minimum absolute atomic E-state index is 0.428. The fraction of sp³-hybridized carbons (Fsp3) is 0.846. The monoisotopic (exact) mass is 361 g/mol. The molecule has 7 atom stereocenters. The summed E-state index contributed by atoms with van der Waals surface area (Å²) in [5.41, 5.74) is 0. The largest absolute Gasteiger partial charge is 0.850 e. The van der Waals surface area contributed by atoms with E-state index in [4.69, 9.17) is 5.11 Å². The molecule has 0 aromatic carbocycles. The molecule has 0 aromatic heterocycles. The van der Waals surface area contributed by atoms with Crippen LogP contribution in [-0.2, 0) is 9.59 Å². The Bertz CT molecular complexity index is 420. The van der Waals surface area contributed by atoms with E-state index >= 15 is 0 Å². The number of carboxylic acids is 2. The molecule has 4 N–H and O–H groups in total. The summed E-state index contributed by atoms with van der Waals surface area (Å²) in [5, 5.41) is 84.8. The highest BCUT2D eigenvalue weighted by atomic mass is 16.4. The number of nitrogens with one attached hydrogen (secondary N) is 3. The molecule has 0 aliphatic heterocycles. The van der Waals surface area contributed by atoms with Crippen molar-refractivity contribution in [2.24, 2.45) is 0 Å². The van der Waals surface area contributed by atoms with Crippen LogP contribution < -0.4 is 46.6 Å². The summed E-state index contributed by atoms with van der Waals surface area (Å²) < 4.78 is 0. The highest BCUT2D eigenvalue weighted by Crippen LogP contribution is 2.17. The Balaban J connectivity index is 2.92. The summed E-state index contributed by atoms with van der Waals surface area (Å²) in [5.74, 6) is -3.15. The second-order valence-electron chi connectivity index (χ2n) is 5.69. The number of carbonyl (C=O) groups is 2. The number of aliphatic hydroxyl groups is 1. The Morgan fingerprint density at radius 3 is 1.52 bits per heavy atom. The van der Waals surface area contributed by atoms with E-state index in [-0.39, 0.29) is 0 Å². The van der Waals surface area contributed by atoms with Gasteiger partial charge in [-0.3, -0.25) is 0 Å². The van der Waals surface area contributed by atoms with Crippen LogP contribution in [0.25, 0.3) is 0 Å². The molecule has 1 aliphatic carbocycles. The molecule has 12 heteroatoms. The number of rotatable bonds is 10. The molecule has 0 heterocycles. The maximum atomic E-state index is 12.4. The summed E-state index contributed by atoms with van der Waals surface area (Å²) in [4.78, 5) is 21.1. The first kappa shape index (κ1) is 21.7. The van der Waals surface area contributed by atoms with Gasteiger partial charge in [0.15, 0.2) is 0 Å². The topological polar surface area (TPSA) is 229 Å². The number of aliphatic carboxylic acids is 2. The summed E-state index contributed by atoms with van der Waals surface area (Å²) in [6, 6.07) is -4.52. The molecule has 1 saturated carbocycles. The van der Waals surface area contributed by atoms with Crippen molar-refractivity contribution in [1.82, 2.24) is 16.0 Å². The Kier molecular flexibility index (Phi) is 8.61. The molecular weight excluding hydrogens is 342 g/mol. The lowest BCUT2D eigenvalue weighted by Crippen LogP contribution is -2.82. The van der Waals surface area contributed by atoms with Crippen LogP contribution in [0.1, 0.15) is 0 Å². The number of carboxylic acid groups (broad SMARTS) is 2. The Morgan fingerprint density at radius 1 is 0.840 bits per heavy atom. The van der Waals surface area contributed by atoms with Gasteiger partial charge in [-0.15, -0.1) is 0 Å². The molecule has 0 spiro atoms. The first-order valence-corrected chi connectivity index (χ1v) is 7.53. The van der Waals surface area contributed by atoms with Gasteiger partial charge in [-0.25, -0.2) is 0 Å². The van der Waals surface area contributed by atoms with Gasteiger partial charge in [0.1, 0.15) is 0 Å². The van der Waals surface area contributed by atoms with Crippen molar-refractivity contribution in [2.75, 3.05) is 26.2 Å². The fourth-order valence-electron chi connectivity index (χ4n) is 2.66. The lowest BCUT2D eigenvalue weighted by Gasteiger charge is -2.61. The lowest BCUT2D eigenvalue weighted by molar-refractivity contribution is -0.536. The fourth-order valence-corrected chi connectivity index (χ4v) is 2.66. The molecule has 0 amide bonds. The average Bonchev–Trinajstić information content (AvgIpc) is 2.53. The van der Waals surface area contributed by atoms with Crippen LogP contribution >= 0.6 is 0 Å². The van der Waals surface area contributed by atoms with Crippen LogP contribution in [0.2, 0.25) is 0 Å². The van der Waals surface area contributed by atoms with Crippen molar-refractivity contribution < 1.29 is 45.3 Å². The highest BCUT2D eigenvalue weighted by molar-refractivity contribution is 5.67. The quantitative estimate of drug-likeness (QED) is 0.284. The van der Waals surface area contributed by atoms with Crippen LogP contribution in [0.15, 0.2) is 0 Å². The standard InChI is InChI=1S/C13H21N3O9/c17-4-5(18)1-14-8-11(23)9(15-2-6(19)20)13(25)10(12(8)24)16-3-7(21)22/h5,8-17H,1-4H2,(H,19,20)(H,21,22)/q-4/p-2/t5?,8?,9-,10+,11-,12+,13?. The summed E-state index contributed by atoms with van der Waals surface area (Å²) in [6.07, 6.45) is -7.22. The molecule has 25 heavy (non-hydrogen) atoms. The smallest absolute Gasteiger partial charge is 0.0552 e. The first-order chi connectivity index (χ1) is 11.7. The van der Waals surface area contributed by atoms with Crippen molar-refractivity contribution in [3.8, 4) is 0 Å². The molecule has 1 fully saturated rings. The minimum Gasteiger partial charge on any atom is -0.850 e. The van der Waals surface area contributed by atoms with Gasteiger partial charge in [0.2, 0.25) is 0 Å². The Hall–Kier alpha value is -1.38. The summed E-state index contributed by atoms with van der Waals surface area (Å²) in [6.45, 7) is -2.79. The zero-order chi connectivity index (χ0) is 19.1. The number of carbonyl (C=O) groups excluding carboxylic acids is 2. The second-order valence-corrected chi connectivity index (χ2v) is 5.69. The van der Waals surface area contributed by atoms with Crippen molar-refractivity contribution in [2.45, 2.75) is 42.5 Å². The molecule has 0 aromatic rings. The number of hydrogen-bond acceptors (Lipinski definition) is 12. The van der Waals surface area contributed by atoms with Crippen molar-refractivity contribution in [3.63, 3.8) is 0 Å². The van der Waals surface area contributed by atoms with Crippen molar-refractivity contribution >= 4 is 11.9 Å². The van der Waals surface area contributed by atoms with E-state index in [0.29, 0.717) is 0 Å². The van der Waals surface area contributed by atoms with Crippen LogP contribution in [0.5, 0.6) is 0 Å². The van der Waals surface area contributed by atoms with Crippen LogP contribution in [0.3, 0.4) is 0 Å². The van der Waals surface area contributed by atoms with E-state index in [2.05, 4.69) is 16.0 Å².